The van der Waals surface area contributed by atoms with E-state index in [1.54, 1.807) is 43.3 Å². The number of amides is 1. The molecule has 0 saturated heterocycles. The van der Waals surface area contributed by atoms with Gasteiger partial charge in [-0.25, -0.2) is 14.4 Å². The zero-order valence-electron chi connectivity index (χ0n) is 16.0. The number of hydroxylamine groups is 2. The van der Waals surface area contributed by atoms with Crippen molar-refractivity contribution in [1.82, 2.24) is 15.0 Å². The molecule has 10 heteroatoms. The summed E-state index contributed by atoms with van der Waals surface area (Å²) in [5.74, 6) is -1.21. The Morgan fingerprint density at radius 1 is 1.20 bits per heavy atom. The van der Waals surface area contributed by atoms with Crippen molar-refractivity contribution >= 4 is 41.0 Å². The number of rotatable bonds is 7. The molecule has 0 aliphatic heterocycles. The second kappa shape index (κ2) is 9.43. The largest absolute Gasteiger partial charge is 0.508 e. The molecule has 0 fully saturated rings. The zero-order chi connectivity index (χ0) is 21.5. The Bertz CT molecular complexity index is 1080. The first-order valence-electron chi connectivity index (χ1n) is 8.94. The molecule has 3 aromatic rings. The van der Waals surface area contributed by atoms with E-state index in [2.05, 4.69) is 25.6 Å². The monoisotopic (exact) mass is 410 g/mol. The van der Waals surface area contributed by atoms with E-state index in [4.69, 9.17) is 0 Å². The highest BCUT2D eigenvalue weighted by molar-refractivity contribution is 6.26. The van der Waals surface area contributed by atoms with E-state index in [-0.39, 0.29) is 24.1 Å². The highest BCUT2D eigenvalue weighted by Crippen LogP contribution is 2.24. The van der Waals surface area contributed by atoms with Crippen LogP contribution >= 0.6 is 0 Å². The van der Waals surface area contributed by atoms with Gasteiger partial charge in [-0.1, -0.05) is 12.1 Å². The van der Waals surface area contributed by atoms with E-state index < -0.39 is 11.7 Å². The van der Waals surface area contributed by atoms with Gasteiger partial charge in [0.2, 0.25) is 5.95 Å². The molecule has 1 aromatic heterocycles. The van der Waals surface area contributed by atoms with Gasteiger partial charge < -0.3 is 15.7 Å². The molecule has 154 valence electrons. The number of halogens is 1. The van der Waals surface area contributed by atoms with Crippen LogP contribution in [0.2, 0.25) is 0 Å². The molecular weight excluding hydrogens is 391 g/mol. The lowest BCUT2D eigenvalue weighted by Gasteiger charge is -2.10. The SMILES string of the molecule is CCN(O)C(=O)C=Nc1cccc(Nc2ncc(F)c(Nc3cccc(O)c3)n2)c1. The van der Waals surface area contributed by atoms with Gasteiger partial charge in [0.15, 0.2) is 11.6 Å². The number of nitrogens with zero attached hydrogens (tertiary/aromatic N) is 4. The number of phenolic OH excluding ortho intramolecular Hbond substituents is 1. The summed E-state index contributed by atoms with van der Waals surface area (Å²) in [6, 6.07) is 12.9. The van der Waals surface area contributed by atoms with Crippen LogP contribution in [0.4, 0.5) is 33.2 Å². The molecule has 0 atom stereocenters. The third-order valence-corrected chi connectivity index (χ3v) is 3.83. The van der Waals surface area contributed by atoms with E-state index in [1.807, 2.05) is 0 Å². The van der Waals surface area contributed by atoms with Crippen molar-refractivity contribution in [3.63, 3.8) is 0 Å². The molecule has 0 bridgehead atoms. The fraction of sp³-hybridized carbons (Fsp3) is 0.100. The minimum Gasteiger partial charge on any atom is -0.508 e. The van der Waals surface area contributed by atoms with Crippen molar-refractivity contribution in [2.75, 3.05) is 17.2 Å². The molecule has 0 aliphatic carbocycles. The molecule has 0 unspecified atom stereocenters. The van der Waals surface area contributed by atoms with Crippen LogP contribution in [0.25, 0.3) is 0 Å². The quantitative estimate of drug-likeness (QED) is 0.266. The van der Waals surface area contributed by atoms with Crippen molar-refractivity contribution < 1.29 is 19.5 Å². The number of benzene rings is 2. The van der Waals surface area contributed by atoms with Crippen molar-refractivity contribution in [2.45, 2.75) is 6.92 Å². The summed E-state index contributed by atoms with van der Waals surface area (Å²) in [7, 11) is 0. The number of aliphatic imine (C=N–C) groups is 1. The van der Waals surface area contributed by atoms with E-state index in [1.165, 1.54) is 12.1 Å². The van der Waals surface area contributed by atoms with E-state index in [0.29, 0.717) is 22.1 Å². The summed E-state index contributed by atoms with van der Waals surface area (Å²) >= 11 is 0. The number of aromatic nitrogens is 2. The highest BCUT2D eigenvalue weighted by atomic mass is 19.1. The molecule has 0 spiro atoms. The fourth-order valence-electron chi connectivity index (χ4n) is 2.38. The van der Waals surface area contributed by atoms with Crippen molar-refractivity contribution in [1.29, 1.82) is 0 Å². The maximum absolute atomic E-state index is 14.1. The predicted octanol–water partition coefficient (Wildman–Crippen LogP) is 3.75. The Kier molecular flexibility index (Phi) is 6.50. The lowest BCUT2D eigenvalue weighted by Crippen LogP contribution is -2.27. The summed E-state index contributed by atoms with van der Waals surface area (Å²) < 4.78 is 14.1. The van der Waals surface area contributed by atoms with Gasteiger partial charge in [0.25, 0.3) is 5.91 Å². The number of carbonyl (C=O) groups excluding carboxylic acids is 1. The van der Waals surface area contributed by atoms with Crippen LogP contribution in [0.15, 0.2) is 59.7 Å². The molecule has 1 amide bonds. The molecule has 4 N–H and O–H groups in total. The molecular formula is C20H19FN6O3. The van der Waals surface area contributed by atoms with Gasteiger partial charge in [-0.15, -0.1) is 0 Å². The van der Waals surface area contributed by atoms with E-state index in [0.717, 1.165) is 12.4 Å². The molecule has 9 nitrogen and oxygen atoms in total. The maximum atomic E-state index is 14.1. The number of nitrogens with one attached hydrogen (secondary N) is 2. The first-order chi connectivity index (χ1) is 14.4. The molecule has 0 radical (unpaired) electrons. The van der Waals surface area contributed by atoms with Crippen LogP contribution in [0.1, 0.15) is 6.92 Å². The molecule has 3 rings (SSSR count). The van der Waals surface area contributed by atoms with Gasteiger partial charge >= 0.3 is 0 Å². The Morgan fingerprint density at radius 3 is 2.67 bits per heavy atom. The smallest absolute Gasteiger partial charge is 0.288 e. The number of aromatic hydroxyl groups is 1. The zero-order valence-corrected chi connectivity index (χ0v) is 16.0. The third kappa shape index (κ3) is 5.49. The summed E-state index contributed by atoms with van der Waals surface area (Å²) in [5.41, 5.74) is 1.48. The van der Waals surface area contributed by atoms with Crippen molar-refractivity contribution in [3.05, 3.63) is 60.5 Å². The molecule has 1 heterocycles. The van der Waals surface area contributed by atoms with E-state index >= 15 is 0 Å². The molecule has 0 saturated carbocycles. The number of hydrogen-bond donors (Lipinski definition) is 4. The maximum Gasteiger partial charge on any atom is 0.288 e. The summed E-state index contributed by atoms with van der Waals surface area (Å²) in [6.45, 7) is 1.77. The number of anilines is 4. The Labute approximate surface area is 171 Å². The van der Waals surface area contributed by atoms with Gasteiger partial charge in [0.1, 0.15) is 5.75 Å². The second-order valence-electron chi connectivity index (χ2n) is 6.05. The lowest BCUT2D eigenvalue weighted by molar-refractivity contribution is -0.155. The normalized spacial score (nSPS) is 10.8. The van der Waals surface area contributed by atoms with Crippen LogP contribution in [0, 0.1) is 5.82 Å². The topological polar surface area (TPSA) is 123 Å². The molecule has 30 heavy (non-hydrogen) atoms. The lowest BCUT2D eigenvalue weighted by atomic mass is 10.3. The standard InChI is InChI=1S/C20H19FN6O3/c1-2-27(30)18(29)12-22-13-5-3-6-14(9-13)25-20-23-11-17(21)19(26-20)24-15-7-4-8-16(28)10-15/h3-12,28,30H,2H2,1H3,(H2,23,24,25,26). The number of hydrogen-bond acceptors (Lipinski definition) is 8. The van der Waals surface area contributed by atoms with Gasteiger partial charge in [0.05, 0.1) is 18.1 Å². The van der Waals surface area contributed by atoms with Gasteiger partial charge in [0, 0.05) is 24.0 Å². The van der Waals surface area contributed by atoms with Crippen molar-refractivity contribution in [2.24, 2.45) is 4.99 Å². The van der Waals surface area contributed by atoms with Crippen LogP contribution in [-0.2, 0) is 4.79 Å². The van der Waals surface area contributed by atoms with Crippen molar-refractivity contribution in [3.8, 4) is 5.75 Å². The summed E-state index contributed by atoms with van der Waals surface area (Å²) in [5, 5.41) is 25.1. The molecule has 0 aliphatic rings. The Balaban J connectivity index is 1.75. The minimum atomic E-state index is -0.662. The van der Waals surface area contributed by atoms with Crippen LogP contribution in [0.5, 0.6) is 5.75 Å². The van der Waals surface area contributed by atoms with Gasteiger partial charge in [-0.2, -0.15) is 4.98 Å². The van der Waals surface area contributed by atoms with Crippen LogP contribution in [-0.4, -0.2) is 44.0 Å². The predicted molar refractivity (Wildman–Crippen MR) is 110 cm³/mol. The minimum absolute atomic E-state index is 0.0342. The second-order valence-corrected chi connectivity index (χ2v) is 6.05. The summed E-state index contributed by atoms with van der Waals surface area (Å²) in [4.78, 5) is 23.6. The summed E-state index contributed by atoms with van der Waals surface area (Å²) in [6.07, 6.45) is 2.02. The molecule has 2 aromatic carbocycles. The first kappa shape index (κ1) is 20.7. The first-order valence-corrected chi connectivity index (χ1v) is 8.94. The van der Waals surface area contributed by atoms with Gasteiger partial charge in [-0.05, 0) is 37.3 Å². The average molecular weight is 410 g/mol. The number of phenols is 1. The van der Waals surface area contributed by atoms with Gasteiger partial charge in [-0.3, -0.25) is 15.0 Å². The third-order valence-electron chi connectivity index (χ3n) is 3.83. The van der Waals surface area contributed by atoms with Crippen LogP contribution < -0.4 is 10.6 Å². The van der Waals surface area contributed by atoms with E-state index in [9.17, 15) is 19.5 Å². The Morgan fingerprint density at radius 2 is 1.93 bits per heavy atom. The average Bonchev–Trinajstić information content (AvgIpc) is 2.74. The highest BCUT2D eigenvalue weighted by Gasteiger charge is 2.09. The fourth-order valence-corrected chi connectivity index (χ4v) is 2.38. The number of carbonyl (C=O) groups is 1. The van der Waals surface area contributed by atoms with Crippen LogP contribution in [0.3, 0.4) is 0 Å². The Hall–Kier alpha value is -4.05.